The number of amides is 1. The molecule has 0 saturated heterocycles. The molecule has 0 spiro atoms. The monoisotopic (exact) mass is 304 g/mol. The van der Waals surface area contributed by atoms with Crippen molar-refractivity contribution in [1.29, 1.82) is 0 Å². The number of nitro groups is 1. The molecule has 1 heterocycles. The van der Waals surface area contributed by atoms with Gasteiger partial charge in [-0.1, -0.05) is 11.6 Å². The fourth-order valence-corrected chi connectivity index (χ4v) is 2.61. The van der Waals surface area contributed by atoms with Crippen LogP contribution in [0.4, 0.5) is 11.4 Å². The number of benzene rings is 2. The molecule has 2 N–H and O–H groups in total. The van der Waals surface area contributed by atoms with Crippen molar-refractivity contribution in [2.24, 2.45) is 0 Å². The number of carbonyl (C=O) groups excluding carboxylic acids is 1. The van der Waals surface area contributed by atoms with E-state index < -0.39 is 10.8 Å². The first kappa shape index (κ1) is 13.4. The van der Waals surface area contributed by atoms with Crippen molar-refractivity contribution in [2.45, 2.75) is 5.92 Å². The predicted molar refractivity (Wildman–Crippen MR) is 76.7 cm³/mol. The maximum Gasteiger partial charge on any atom is 0.269 e. The number of hydrogen-bond donors (Lipinski definition) is 2. The Morgan fingerprint density at radius 3 is 2.67 bits per heavy atom. The molecule has 1 atom stereocenters. The van der Waals surface area contributed by atoms with Gasteiger partial charge in [-0.15, -0.1) is 0 Å². The summed E-state index contributed by atoms with van der Waals surface area (Å²) in [7, 11) is 0. The Labute approximate surface area is 124 Å². The molecule has 0 aromatic heterocycles. The average molecular weight is 305 g/mol. The predicted octanol–water partition coefficient (Wildman–Crippen LogP) is 3.04. The lowest BCUT2D eigenvalue weighted by Gasteiger charge is -2.11. The first-order valence-electron chi connectivity index (χ1n) is 6.05. The van der Waals surface area contributed by atoms with Crippen LogP contribution in [0, 0.1) is 10.1 Å². The number of hydrogen-bond acceptors (Lipinski definition) is 4. The summed E-state index contributed by atoms with van der Waals surface area (Å²) in [4.78, 5) is 22.5. The minimum Gasteiger partial charge on any atom is -0.508 e. The molecule has 7 heteroatoms. The Bertz CT molecular complexity index is 776. The van der Waals surface area contributed by atoms with Crippen molar-refractivity contribution in [1.82, 2.24) is 0 Å². The van der Waals surface area contributed by atoms with Crippen LogP contribution in [0.5, 0.6) is 5.75 Å². The summed E-state index contributed by atoms with van der Waals surface area (Å²) in [5, 5.41) is 23.8. The molecule has 2 aromatic rings. The molecule has 0 radical (unpaired) electrons. The highest BCUT2D eigenvalue weighted by molar-refractivity contribution is 6.30. The zero-order valence-corrected chi connectivity index (χ0v) is 11.3. The van der Waals surface area contributed by atoms with E-state index in [0.717, 1.165) is 0 Å². The molecule has 1 aliphatic rings. The van der Waals surface area contributed by atoms with Crippen molar-refractivity contribution in [2.75, 3.05) is 5.32 Å². The third-order valence-corrected chi connectivity index (χ3v) is 3.61. The number of anilines is 1. The summed E-state index contributed by atoms with van der Waals surface area (Å²) in [5.41, 5.74) is 1.15. The highest BCUT2D eigenvalue weighted by Crippen LogP contribution is 2.42. The number of aromatic hydroxyl groups is 1. The second-order valence-corrected chi connectivity index (χ2v) is 5.09. The smallest absolute Gasteiger partial charge is 0.269 e. The molecule has 6 nitrogen and oxygen atoms in total. The topological polar surface area (TPSA) is 92.5 Å². The van der Waals surface area contributed by atoms with E-state index in [0.29, 0.717) is 21.8 Å². The van der Waals surface area contributed by atoms with Gasteiger partial charge in [0.05, 0.1) is 10.8 Å². The maximum atomic E-state index is 12.1. The van der Waals surface area contributed by atoms with Gasteiger partial charge in [0.2, 0.25) is 5.91 Å². The van der Waals surface area contributed by atoms with Gasteiger partial charge in [-0.3, -0.25) is 14.9 Å². The summed E-state index contributed by atoms with van der Waals surface area (Å²) in [6.45, 7) is 0. The molecule has 106 valence electrons. The molecule has 1 amide bonds. The fraction of sp³-hybridized carbons (Fsp3) is 0.0714. The van der Waals surface area contributed by atoms with E-state index in [4.69, 9.17) is 11.6 Å². The molecule has 21 heavy (non-hydrogen) atoms. The molecule has 0 bridgehead atoms. The lowest BCUT2D eigenvalue weighted by atomic mass is 9.91. The van der Waals surface area contributed by atoms with Crippen molar-refractivity contribution in [3.05, 3.63) is 62.7 Å². The number of halogens is 1. The van der Waals surface area contributed by atoms with Crippen molar-refractivity contribution >= 4 is 28.9 Å². The molecular formula is C14H9ClN2O4. The number of phenols is 1. The molecule has 0 unspecified atom stereocenters. The summed E-state index contributed by atoms with van der Waals surface area (Å²) >= 11 is 5.90. The standard InChI is InChI=1S/C14H9ClN2O4/c15-7-1-4-12(18)10(5-7)13-9-6-8(17(20)21)2-3-11(9)16-14(13)19/h1-6,13,18H,(H,16,19)/t13-/m0/s1. The average Bonchev–Trinajstić information content (AvgIpc) is 2.76. The van der Waals surface area contributed by atoms with Crippen LogP contribution in [0.3, 0.4) is 0 Å². The second-order valence-electron chi connectivity index (χ2n) is 4.65. The number of rotatable bonds is 2. The summed E-state index contributed by atoms with van der Waals surface area (Å²) < 4.78 is 0. The largest absolute Gasteiger partial charge is 0.508 e. The van der Waals surface area contributed by atoms with Gasteiger partial charge in [0.25, 0.3) is 5.69 Å². The third-order valence-electron chi connectivity index (χ3n) is 3.38. The van der Waals surface area contributed by atoms with Crippen LogP contribution in [0.2, 0.25) is 5.02 Å². The van der Waals surface area contributed by atoms with Crippen LogP contribution in [-0.2, 0) is 4.79 Å². The Balaban J connectivity index is 2.17. The second kappa shape index (κ2) is 4.75. The van der Waals surface area contributed by atoms with E-state index in [1.165, 1.54) is 36.4 Å². The summed E-state index contributed by atoms with van der Waals surface area (Å²) in [6.07, 6.45) is 0. The van der Waals surface area contributed by atoms with Crippen LogP contribution >= 0.6 is 11.6 Å². The van der Waals surface area contributed by atoms with Crippen LogP contribution in [0.15, 0.2) is 36.4 Å². The molecule has 1 aliphatic heterocycles. The Morgan fingerprint density at radius 1 is 1.19 bits per heavy atom. The molecular weight excluding hydrogens is 296 g/mol. The Kier molecular flexibility index (Phi) is 3.03. The minimum atomic E-state index is -0.821. The van der Waals surface area contributed by atoms with E-state index in [1.54, 1.807) is 0 Å². The zero-order chi connectivity index (χ0) is 15.1. The van der Waals surface area contributed by atoms with E-state index >= 15 is 0 Å². The number of non-ortho nitro benzene ring substituents is 1. The normalized spacial score (nSPS) is 16.4. The summed E-state index contributed by atoms with van der Waals surface area (Å²) in [6, 6.07) is 8.50. The number of fused-ring (bicyclic) bond motifs is 1. The van der Waals surface area contributed by atoms with Crippen molar-refractivity contribution < 1.29 is 14.8 Å². The first-order valence-corrected chi connectivity index (χ1v) is 6.43. The van der Waals surface area contributed by atoms with Gasteiger partial charge in [-0.2, -0.15) is 0 Å². The van der Waals surface area contributed by atoms with E-state index in [9.17, 15) is 20.0 Å². The van der Waals surface area contributed by atoms with Gasteiger partial charge in [0.1, 0.15) is 5.75 Å². The molecule has 2 aromatic carbocycles. The van der Waals surface area contributed by atoms with Crippen molar-refractivity contribution in [3.8, 4) is 5.75 Å². The maximum absolute atomic E-state index is 12.1. The first-order chi connectivity index (χ1) is 9.97. The Morgan fingerprint density at radius 2 is 1.95 bits per heavy atom. The minimum absolute atomic E-state index is 0.0843. The van der Waals surface area contributed by atoms with Crippen LogP contribution in [0.1, 0.15) is 17.0 Å². The van der Waals surface area contributed by atoms with Crippen LogP contribution in [-0.4, -0.2) is 15.9 Å². The van der Waals surface area contributed by atoms with Gasteiger partial charge in [0, 0.05) is 28.4 Å². The number of nitro benzene ring substituents is 1. The van der Waals surface area contributed by atoms with Gasteiger partial charge in [-0.25, -0.2) is 0 Å². The molecule has 0 fully saturated rings. The third kappa shape index (κ3) is 2.19. The number of nitrogens with one attached hydrogen (secondary N) is 1. The quantitative estimate of drug-likeness (QED) is 0.659. The van der Waals surface area contributed by atoms with Crippen molar-refractivity contribution in [3.63, 3.8) is 0 Å². The van der Waals surface area contributed by atoms with E-state index in [1.807, 2.05) is 0 Å². The lowest BCUT2D eigenvalue weighted by molar-refractivity contribution is -0.384. The lowest BCUT2D eigenvalue weighted by Crippen LogP contribution is -2.13. The zero-order valence-electron chi connectivity index (χ0n) is 10.5. The van der Waals surface area contributed by atoms with Gasteiger partial charge >= 0.3 is 0 Å². The molecule has 3 rings (SSSR count). The SMILES string of the molecule is O=C1Nc2ccc([N+](=O)[O-])cc2[C@H]1c1cc(Cl)ccc1O. The van der Waals surface area contributed by atoms with Crippen LogP contribution < -0.4 is 5.32 Å². The number of phenolic OH excluding ortho intramolecular Hbond substituents is 1. The fourth-order valence-electron chi connectivity index (χ4n) is 2.43. The molecule has 0 aliphatic carbocycles. The van der Waals surface area contributed by atoms with Crippen LogP contribution in [0.25, 0.3) is 0 Å². The van der Waals surface area contributed by atoms with Gasteiger partial charge in [-0.05, 0) is 29.8 Å². The summed E-state index contributed by atoms with van der Waals surface area (Å²) in [5.74, 6) is -1.26. The van der Waals surface area contributed by atoms with E-state index in [-0.39, 0.29) is 17.3 Å². The number of nitrogens with zero attached hydrogens (tertiary/aromatic N) is 1. The van der Waals surface area contributed by atoms with Gasteiger partial charge in [0.15, 0.2) is 0 Å². The highest BCUT2D eigenvalue weighted by Gasteiger charge is 2.35. The number of carbonyl (C=O) groups is 1. The highest BCUT2D eigenvalue weighted by atomic mass is 35.5. The van der Waals surface area contributed by atoms with Gasteiger partial charge < -0.3 is 10.4 Å². The Hall–Kier alpha value is -2.60. The van der Waals surface area contributed by atoms with E-state index in [2.05, 4.69) is 5.32 Å². The molecule has 0 saturated carbocycles.